The van der Waals surface area contributed by atoms with Crippen LogP contribution in [-0.2, 0) is 4.74 Å². The van der Waals surface area contributed by atoms with Crippen molar-refractivity contribution in [3.63, 3.8) is 0 Å². The first kappa shape index (κ1) is 15.0. The van der Waals surface area contributed by atoms with Gasteiger partial charge in [-0.3, -0.25) is 0 Å². The number of para-hydroxylation sites is 1. The van der Waals surface area contributed by atoms with E-state index in [0.717, 1.165) is 11.3 Å². The minimum atomic E-state index is -0.454. The molecular formula is C14H23NO3. The zero-order valence-electron chi connectivity index (χ0n) is 11.3. The standard InChI is InChI=1S/C14H23NO3/c1-10(2)11-6-4-5-7-13(11)18-14(8-16)12(15)9-17-3/h4-7,10,12,14,16H,8-9,15H2,1-3H3. The van der Waals surface area contributed by atoms with Crippen molar-refractivity contribution >= 4 is 0 Å². The van der Waals surface area contributed by atoms with Crippen LogP contribution < -0.4 is 10.5 Å². The summed E-state index contributed by atoms with van der Waals surface area (Å²) in [6.07, 6.45) is -0.454. The zero-order chi connectivity index (χ0) is 13.5. The van der Waals surface area contributed by atoms with Gasteiger partial charge in [-0.05, 0) is 17.5 Å². The molecule has 102 valence electrons. The first-order valence-corrected chi connectivity index (χ1v) is 6.21. The van der Waals surface area contributed by atoms with E-state index < -0.39 is 6.10 Å². The van der Waals surface area contributed by atoms with Crippen LogP contribution in [-0.4, -0.2) is 37.6 Å². The van der Waals surface area contributed by atoms with Gasteiger partial charge in [-0.15, -0.1) is 0 Å². The second-order valence-electron chi connectivity index (χ2n) is 4.65. The summed E-state index contributed by atoms with van der Waals surface area (Å²) in [5.41, 5.74) is 7.01. The van der Waals surface area contributed by atoms with Crippen molar-refractivity contribution in [2.24, 2.45) is 5.73 Å². The van der Waals surface area contributed by atoms with Crippen LogP contribution in [0.2, 0.25) is 0 Å². The molecule has 0 saturated carbocycles. The first-order valence-electron chi connectivity index (χ1n) is 6.21. The van der Waals surface area contributed by atoms with E-state index in [1.807, 2.05) is 24.3 Å². The van der Waals surface area contributed by atoms with Crippen molar-refractivity contribution in [2.75, 3.05) is 20.3 Å². The van der Waals surface area contributed by atoms with E-state index >= 15 is 0 Å². The van der Waals surface area contributed by atoms with Crippen molar-refractivity contribution in [3.05, 3.63) is 29.8 Å². The summed E-state index contributed by atoms with van der Waals surface area (Å²) in [5, 5.41) is 9.35. The number of ether oxygens (including phenoxy) is 2. The average molecular weight is 253 g/mol. The van der Waals surface area contributed by atoms with E-state index in [-0.39, 0.29) is 12.6 Å². The molecule has 0 bridgehead atoms. The second-order valence-corrected chi connectivity index (χ2v) is 4.65. The largest absolute Gasteiger partial charge is 0.486 e. The highest BCUT2D eigenvalue weighted by Crippen LogP contribution is 2.26. The molecule has 0 aliphatic carbocycles. The lowest BCUT2D eigenvalue weighted by molar-refractivity contribution is 0.0597. The van der Waals surface area contributed by atoms with Crippen LogP contribution in [0.3, 0.4) is 0 Å². The fraction of sp³-hybridized carbons (Fsp3) is 0.571. The molecule has 3 N–H and O–H groups in total. The van der Waals surface area contributed by atoms with E-state index in [1.54, 1.807) is 7.11 Å². The monoisotopic (exact) mass is 253 g/mol. The highest BCUT2D eigenvalue weighted by atomic mass is 16.5. The SMILES string of the molecule is COCC(N)C(CO)Oc1ccccc1C(C)C. The number of aliphatic hydroxyl groups excluding tert-OH is 1. The second kappa shape index (κ2) is 7.36. The smallest absolute Gasteiger partial charge is 0.139 e. The fourth-order valence-corrected chi connectivity index (χ4v) is 1.79. The van der Waals surface area contributed by atoms with Crippen molar-refractivity contribution in [1.82, 2.24) is 0 Å². The molecule has 1 aromatic carbocycles. The molecule has 4 heteroatoms. The van der Waals surface area contributed by atoms with Crippen LogP contribution in [0, 0.1) is 0 Å². The fourth-order valence-electron chi connectivity index (χ4n) is 1.79. The van der Waals surface area contributed by atoms with Crippen LogP contribution in [0.1, 0.15) is 25.3 Å². The molecule has 0 amide bonds. The van der Waals surface area contributed by atoms with Crippen molar-refractivity contribution in [3.8, 4) is 5.75 Å². The summed E-state index contributed by atoms with van der Waals surface area (Å²) in [6, 6.07) is 7.47. The van der Waals surface area contributed by atoms with Gasteiger partial charge < -0.3 is 20.3 Å². The van der Waals surface area contributed by atoms with Crippen LogP contribution in [0.4, 0.5) is 0 Å². The molecule has 2 unspecified atom stereocenters. The maximum atomic E-state index is 9.35. The lowest BCUT2D eigenvalue weighted by Crippen LogP contribution is -2.44. The number of hydrogen-bond acceptors (Lipinski definition) is 4. The van der Waals surface area contributed by atoms with Crippen LogP contribution in [0.5, 0.6) is 5.75 Å². The lowest BCUT2D eigenvalue weighted by atomic mass is 10.0. The summed E-state index contributed by atoms with van der Waals surface area (Å²) in [4.78, 5) is 0. The van der Waals surface area contributed by atoms with E-state index in [0.29, 0.717) is 12.5 Å². The number of benzene rings is 1. The third-order valence-electron chi connectivity index (χ3n) is 2.84. The van der Waals surface area contributed by atoms with Crippen LogP contribution in [0.25, 0.3) is 0 Å². The number of hydrogen-bond donors (Lipinski definition) is 2. The number of nitrogens with two attached hydrogens (primary N) is 1. The summed E-state index contributed by atoms with van der Waals surface area (Å²) in [6.45, 7) is 4.43. The number of methoxy groups -OCH3 is 1. The molecule has 0 aliphatic rings. The minimum Gasteiger partial charge on any atom is -0.486 e. The molecular weight excluding hydrogens is 230 g/mol. The van der Waals surface area contributed by atoms with Gasteiger partial charge in [0.15, 0.2) is 0 Å². The van der Waals surface area contributed by atoms with E-state index in [2.05, 4.69) is 13.8 Å². The predicted molar refractivity (Wildman–Crippen MR) is 71.9 cm³/mol. The van der Waals surface area contributed by atoms with E-state index in [4.69, 9.17) is 15.2 Å². The van der Waals surface area contributed by atoms with Gasteiger partial charge in [0, 0.05) is 7.11 Å². The van der Waals surface area contributed by atoms with Crippen molar-refractivity contribution in [2.45, 2.75) is 31.9 Å². The van der Waals surface area contributed by atoms with E-state index in [1.165, 1.54) is 0 Å². The maximum absolute atomic E-state index is 9.35. The molecule has 0 fully saturated rings. The Kier molecular flexibility index (Phi) is 6.12. The summed E-state index contributed by atoms with van der Waals surface area (Å²) in [7, 11) is 1.58. The molecule has 18 heavy (non-hydrogen) atoms. The topological polar surface area (TPSA) is 64.7 Å². The third kappa shape index (κ3) is 3.98. The molecule has 0 aliphatic heterocycles. The minimum absolute atomic E-state index is 0.128. The van der Waals surface area contributed by atoms with Crippen molar-refractivity contribution in [1.29, 1.82) is 0 Å². The normalized spacial score (nSPS) is 14.6. The van der Waals surface area contributed by atoms with E-state index in [9.17, 15) is 5.11 Å². The Morgan fingerprint density at radius 3 is 2.50 bits per heavy atom. The lowest BCUT2D eigenvalue weighted by Gasteiger charge is -2.24. The average Bonchev–Trinajstić information content (AvgIpc) is 2.36. The van der Waals surface area contributed by atoms with Gasteiger partial charge in [0.05, 0.1) is 19.3 Å². The molecule has 2 atom stereocenters. The Balaban J connectivity index is 2.81. The molecule has 1 aromatic rings. The number of rotatable bonds is 7. The molecule has 4 nitrogen and oxygen atoms in total. The highest BCUT2D eigenvalue weighted by Gasteiger charge is 2.20. The predicted octanol–water partition coefficient (Wildman–Crippen LogP) is 1.52. The summed E-state index contributed by atoms with van der Waals surface area (Å²) >= 11 is 0. The van der Waals surface area contributed by atoms with Crippen LogP contribution >= 0.6 is 0 Å². The van der Waals surface area contributed by atoms with Gasteiger partial charge in [-0.2, -0.15) is 0 Å². The Morgan fingerprint density at radius 2 is 1.94 bits per heavy atom. The Hall–Kier alpha value is -1.10. The van der Waals surface area contributed by atoms with Gasteiger partial charge in [-0.1, -0.05) is 32.0 Å². The molecule has 1 rings (SSSR count). The van der Waals surface area contributed by atoms with Crippen molar-refractivity contribution < 1.29 is 14.6 Å². The van der Waals surface area contributed by atoms with Crippen LogP contribution in [0.15, 0.2) is 24.3 Å². The molecule has 0 aromatic heterocycles. The molecule has 0 saturated heterocycles. The third-order valence-corrected chi connectivity index (χ3v) is 2.84. The summed E-state index contributed by atoms with van der Waals surface area (Å²) in [5.74, 6) is 1.14. The van der Waals surface area contributed by atoms with Gasteiger partial charge >= 0.3 is 0 Å². The molecule has 0 spiro atoms. The maximum Gasteiger partial charge on any atom is 0.139 e. The first-order chi connectivity index (χ1) is 8.60. The number of aliphatic hydroxyl groups is 1. The van der Waals surface area contributed by atoms with Gasteiger partial charge in [0.25, 0.3) is 0 Å². The zero-order valence-corrected chi connectivity index (χ0v) is 11.3. The Morgan fingerprint density at radius 1 is 1.28 bits per heavy atom. The quantitative estimate of drug-likeness (QED) is 0.773. The highest BCUT2D eigenvalue weighted by molar-refractivity contribution is 5.35. The summed E-state index contributed by atoms with van der Waals surface area (Å²) < 4.78 is 10.8. The van der Waals surface area contributed by atoms with Gasteiger partial charge in [0.2, 0.25) is 0 Å². The molecule has 0 radical (unpaired) electrons. The molecule has 0 heterocycles. The van der Waals surface area contributed by atoms with Gasteiger partial charge in [-0.25, -0.2) is 0 Å². The Labute approximate surface area is 109 Å². The Bertz CT molecular complexity index is 355. The van der Waals surface area contributed by atoms with Gasteiger partial charge in [0.1, 0.15) is 11.9 Å².